The van der Waals surface area contributed by atoms with Gasteiger partial charge in [0.25, 0.3) is 5.91 Å². The fourth-order valence-corrected chi connectivity index (χ4v) is 3.26. The molecule has 150 valence electrons. The SMILES string of the molecule is CCN(Cc1ccncc1)C(=O)c1cc(-c2cnc(C)nc2)nc2cc(F)ccc12. The van der Waals surface area contributed by atoms with Gasteiger partial charge in [0.1, 0.15) is 11.6 Å². The summed E-state index contributed by atoms with van der Waals surface area (Å²) < 4.78 is 13.9. The average Bonchev–Trinajstić information content (AvgIpc) is 2.77. The molecule has 4 rings (SSSR count). The van der Waals surface area contributed by atoms with E-state index < -0.39 is 5.82 Å². The summed E-state index contributed by atoms with van der Waals surface area (Å²) in [5.41, 5.74) is 3.05. The van der Waals surface area contributed by atoms with E-state index >= 15 is 0 Å². The topological polar surface area (TPSA) is 71.9 Å². The maximum atomic E-state index is 13.9. The van der Waals surface area contributed by atoms with E-state index in [2.05, 4.69) is 19.9 Å². The zero-order valence-electron chi connectivity index (χ0n) is 16.7. The lowest BCUT2D eigenvalue weighted by molar-refractivity contribution is 0.0754. The number of halogens is 1. The Balaban J connectivity index is 1.81. The van der Waals surface area contributed by atoms with Gasteiger partial charge in [-0.05, 0) is 49.7 Å². The number of amides is 1. The molecular weight excluding hydrogens is 381 g/mol. The fourth-order valence-electron chi connectivity index (χ4n) is 3.26. The van der Waals surface area contributed by atoms with Crippen LogP contribution in [0.25, 0.3) is 22.2 Å². The van der Waals surface area contributed by atoms with E-state index in [9.17, 15) is 9.18 Å². The van der Waals surface area contributed by atoms with Gasteiger partial charge in [0.2, 0.25) is 0 Å². The molecule has 0 saturated carbocycles. The van der Waals surface area contributed by atoms with Gasteiger partial charge in [0, 0.05) is 54.9 Å². The average molecular weight is 401 g/mol. The molecule has 0 fully saturated rings. The number of hydrogen-bond acceptors (Lipinski definition) is 5. The van der Waals surface area contributed by atoms with E-state index in [0.29, 0.717) is 46.6 Å². The Bertz CT molecular complexity index is 1200. The van der Waals surface area contributed by atoms with Crippen molar-refractivity contribution in [3.05, 3.63) is 84.0 Å². The van der Waals surface area contributed by atoms with Crippen LogP contribution in [-0.2, 0) is 6.54 Å². The molecule has 0 bridgehead atoms. The normalized spacial score (nSPS) is 10.9. The fraction of sp³-hybridized carbons (Fsp3) is 0.174. The summed E-state index contributed by atoms with van der Waals surface area (Å²) in [5.74, 6) is 0.0776. The van der Waals surface area contributed by atoms with Crippen LogP contribution >= 0.6 is 0 Å². The number of benzene rings is 1. The summed E-state index contributed by atoms with van der Waals surface area (Å²) >= 11 is 0. The van der Waals surface area contributed by atoms with Crippen LogP contribution in [0, 0.1) is 12.7 Å². The van der Waals surface area contributed by atoms with Crippen LogP contribution in [0.4, 0.5) is 4.39 Å². The number of nitrogens with zero attached hydrogens (tertiary/aromatic N) is 5. The molecule has 1 amide bonds. The summed E-state index contributed by atoms with van der Waals surface area (Å²) in [6, 6.07) is 9.76. The molecular formula is C23H20FN5O. The van der Waals surface area contributed by atoms with Gasteiger partial charge in [0.15, 0.2) is 0 Å². The first kappa shape index (κ1) is 19.6. The molecule has 0 atom stereocenters. The first-order valence-electron chi connectivity index (χ1n) is 9.62. The Morgan fingerprint density at radius 3 is 2.50 bits per heavy atom. The molecule has 0 radical (unpaired) electrons. The molecule has 0 N–H and O–H groups in total. The van der Waals surface area contributed by atoms with Crippen molar-refractivity contribution in [1.82, 2.24) is 24.8 Å². The summed E-state index contributed by atoms with van der Waals surface area (Å²) in [6.45, 7) is 4.69. The summed E-state index contributed by atoms with van der Waals surface area (Å²) in [6.07, 6.45) is 6.71. The van der Waals surface area contributed by atoms with Crippen LogP contribution in [0.3, 0.4) is 0 Å². The third-order valence-corrected chi connectivity index (χ3v) is 4.87. The molecule has 0 aliphatic heterocycles. The van der Waals surface area contributed by atoms with E-state index in [-0.39, 0.29) is 5.91 Å². The number of hydrogen-bond donors (Lipinski definition) is 0. The number of carbonyl (C=O) groups excluding carboxylic acids is 1. The smallest absolute Gasteiger partial charge is 0.254 e. The second-order valence-corrected chi connectivity index (χ2v) is 6.91. The van der Waals surface area contributed by atoms with Crippen molar-refractivity contribution in [2.24, 2.45) is 0 Å². The molecule has 7 heteroatoms. The number of pyridine rings is 2. The van der Waals surface area contributed by atoms with Gasteiger partial charge < -0.3 is 4.90 Å². The highest BCUT2D eigenvalue weighted by molar-refractivity contribution is 6.07. The van der Waals surface area contributed by atoms with Gasteiger partial charge in [0.05, 0.1) is 16.8 Å². The first-order valence-corrected chi connectivity index (χ1v) is 9.62. The third-order valence-electron chi connectivity index (χ3n) is 4.87. The van der Waals surface area contributed by atoms with E-state index in [4.69, 9.17) is 0 Å². The van der Waals surface area contributed by atoms with Gasteiger partial charge >= 0.3 is 0 Å². The van der Waals surface area contributed by atoms with Gasteiger partial charge in [-0.3, -0.25) is 9.78 Å². The number of aromatic nitrogens is 4. The standard InChI is InChI=1S/C23H20FN5O/c1-3-29(14-16-6-8-25-9-7-16)23(30)20-11-21(17-12-26-15(2)27-13-17)28-22-10-18(24)4-5-19(20)22/h4-13H,3,14H2,1-2H3. The Labute approximate surface area is 173 Å². The number of carbonyl (C=O) groups is 1. The minimum Gasteiger partial charge on any atom is -0.335 e. The minimum absolute atomic E-state index is 0.150. The van der Waals surface area contributed by atoms with Gasteiger partial charge in [-0.1, -0.05) is 0 Å². The molecule has 1 aromatic carbocycles. The lowest BCUT2D eigenvalue weighted by atomic mass is 10.0. The molecule has 0 saturated heterocycles. The number of aryl methyl sites for hydroxylation is 1. The Morgan fingerprint density at radius 1 is 1.07 bits per heavy atom. The van der Waals surface area contributed by atoms with Crippen molar-refractivity contribution in [3.63, 3.8) is 0 Å². The molecule has 3 heterocycles. The van der Waals surface area contributed by atoms with Crippen molar-refractivity contribution in [2.45, 2.75) is 20.4 Å². The lowest BCUT2D eigenvalue weighted by Crippen LogP contribution is -2.30. The van der Waals surface area contributed by atoms with Crippen molar-refractivity contribution >= 4 is 16.8 Å². The van der Waals surface area contributed by atoms with Crippen LogP contribution in [0.15, 0.2) is 61.2 Å². The van der Waals surface area contributed by atoms with Crippen LogP contribution in [0.2, 0.25) is 0 Å². The number of rotatable bonds is 5. The highest BCUT2D eigenvalue weighted by Crippen LogP contribution is 2.26. The van der Waals surface area contributed by atoms with Crippen LogP contribution in [-0.4, -0.2) is 37.3 Å². The van der Waals surface area contributed by atoms with Crippen LogP contribution in [0.1, 0.15) is 28.7 Å². The Hall–Kier alpha value is -3.74. The minimum atomic E-state index is -0.408. The number of fused-ring (bicyclic) bond motifs is 1. The van der Waals surface area contributed by atoms with Crippen molar-refractivity contribution in [2.75, 3.05) is 6.54 Å². The second kappa shape index (κ2) is 8.32. The molecule has 0 aliphatic rings. The van der Waals surface area contributed by atoms with Crippen molar-refractivity contribution in [3.8, 4) is 11.3 Å². The summed E-state index contributed by atoms with van der Waals surface area (Å²) in [7, 11) is 0. The molecule has 30 heavy (non-hydrogen) atoms. The second-order valence-electron chi connectivity index (χ2n) is 6.91. The largest absolute Gasteiger partial charge is 0.335 e. The summed E-state index contributed by atoms with van der Waals surface area (Å²) in [4.78, 5) is 32.2. The highest BCUT2D eigenvalue weighted by atomic mass is 19.1. The lowest BCUT2D eigenvalue weighted by Gasteiger charge is -2.22. The first-order chi connectivity index (χ1) is 14.5. The highest BCUT2D eigenvalue weighted by Gasteiger charge is 2.20. The molecule has 0 aliphatic carbocycles. The van der Waals surface area contributed by atoms with Crippen LogP contribution < -0.4 is 0 Å². The van der Waals surface area contributed by atoms with E-state index in [0.717, 1.165) is 5.56 Å². The molecule has 0 unspecified atom stereocenters. The van der Waals surface area contributed by atoms with E-state index in [1.54, 1.807) is 48.7 Å². The van der Waals surface area contributed by atoms with E-state index in [1.165, 1.54) is 12.1 Å². The zero-order valence-corrected chi connectivity index (χ0v) is 16.7. The molecule has 4 aromatic rings. The quantitative estimate of drug-likeness (QED) is 0.501. The van der Waals surface area contributed by atoms with Gasteiger partial charge in [-0.25, -0.2) is 19.3 Å². The third kappa shape index (κ3) is 4.00. The van der Waals surface area contributed by atoms with E-state index in [1.807, 2.05) is 19.1 Å². The summed E-state index contributed by atoms with van der Waals surface area (Å²) in [5, 5.41) is 0.603. The predicted octanol–water partition coefficient (Wildman–Crippen LogP) is 4.20. The predicted molar refractivity (Wildman–Crippen MR) is 112 cm³/mol. The Morgan fingerprint density at radius 2 is 1.80 bits per heavy atom. The van der Waals surface area contributed by atoms with Gasteiger partial charge in [-0.15, -0.1) is 0 Å². The van der Waals surface area contributed by atoms with Crippen molar-refractivity contribution in [1.29, 1.82) is 0 Å². The van der Waals surface area contributed by atoms with Crippen molar-refractivity contribution < 1.29 is 9.18 Å². The van der Waals surface area contributed by atoms with Crippen LogP contribution in [0.5, 0.6) is 0 Å². The maximum Gasteiger partial charge on any atom is 0.254 e. The monoisotopic (exact) mass is 401 g/mol. The zero-order chi connectivity index (χ0) is 21.1. The molecule has 3 aromatic heterocycles. The molecule has 0 spiro atoms. The Kier molecular flexibility index (Phi) is 5.43. The molecule has 6 nitrogen and oxygen atoms in total. The maximum absolute atomic E-state index is 13.9. The van der Waals surface area contributed by atoms with Gasteiger partial charge in [-0.2, -0.15) is 0 Å².